The summed E-state index contributed by atoms with van der Waals surface area (Å²) in [7, 11) is 0. The predicted molar refractivity (Wildman–Crippen MR) is 60.9 cm³/mol. The van der Waals surface area contributed by atoms with Gasteiger partial charge in [-0.25, -0.2) is 10.5 Å². The van der Waals surface area contributed by atoms with Crippen LogP contribution < -0.4 is 16.0 Å². The van der Waals surface area contributed by atoms with Gasteiger partial charge in [-0.05, 0) is 13.0 Å². The van der Waals surface area contributed by atoms with Gasteiger partial charge in [-0.2, -0.15) is 33.2 Å². The average molecular weight is 289 g/mol. The van der Waals surface area contributed by atoms with E-state index in [1.165, 1.54) is 17.1 Å². The first-order valence-corrected chi connectivity index (χ1v) is 5.36. The molecule has 0 aliphatic heterocycles. The molecule has 0 bridgehead atoms. The molecule has 0 aliphatic rings. The molecule has 2 heterocycles. The molecule has 20 heavy (non-hydrogen) atoms. The monoisotopic (exact) mass is 289 g/mol. The summed E-state index contributed by atoms with van der Waals surface area (Å²) in [6.07, 6.45) is -3.64. The van der Waals surface area contributed by atoms with Crippen LogP contribution in [0, 0.1) is 0 Å². The van der Waals surface area contributed by atoms with Gasteiger partial charge in [0.05, 0.1) is 0 Å². The lowest BCUT2D eigenvalue weighted by atomic mass is 10.4. The van der Waals surface area contributed by atoms with Crippen molar-refractivity contribution in [3.05, 3.63) is 18.5 Å². The van der Waals surface area contributed by atoms with Crippen molar-refractivity contribution in [2.45, 2.75) is 19.2 Å². The molecule has 0 fully saturated rings. The fourth-order valence-electron chi connectivity index (χ4n) is 1.18. The van der Waals surface area contributed by atoms with Crippen molar-refractivity contribution in [3.63, 3.8) is 0 Å². The van der Waals surface area contributed by atoms with Crippen LogP contribution in [0.15, 0.2) is 18.5 Å². The van der Waals surface area contributed by atoms with E-state index in [0.29, 0.717) is 0 Å². The van der Waals surface area contributed by atoms with Crippen LogP contribution in [-0.2, 0) is 0 Å². The van der Waals surface area contributed by atoms with E-state index in [1.807, 2.05) is 0 Å². The normalized spacial score (nSPS) is 13.1. The van der Waals surface area contributed by atoms with Crippen LogP contribution in [0.2, 0.25) is 0 Å². The number of ether oxygens (including phenoxy) is 1. The Morgan fingerprint density at radius 2 is 2.10 bits per heavy atom. The molecule has 0 aromatic carbocycles. The Kier molecular flexibility index (Phi) is 3.70. The number of nitrogens with two attached hydrogens (primary N) is 1. The minimum absolute atomic E-state index is 0.0256. The highest BCUT2D eigenvalue weighted by Gasteiger charge is 2.38. The summed E-state index contributed by atoms with van der Waals surface area (Å²) < 4.78 is 43.2. The van der Waals surface area contributed by atoms with E-state index in [2.05, 4.69) is 30.2 Å². The summed E-state index contributed by atoms with van der Waals surface area (Å²) in [5.41, 5.74) is 2.12. The molecule has 0 spiro atoms. The first-order valence-electron chi connectivity index (χ1n) is 5.36. The number of hydrazine groups is 1. The van der Waals surface area contributed by atoms with Crippen LogP contribution >= 0.6 is 0 Å². The Balaban J connectivity index is 2.32. The van der Waals surface area contributed by atoms with Crippen molar-refractivity contribution in [2.75, 3.05) is 5.43 Å². The third-order valence-corrected chi connectivity index (χ3v) is 2.18. The minimum atomic E-state index is -4.53. The second-order valence-corrected chi connectivity index (χ2v) is 3.64. The topological polar surface area (TPSA) is 104 Å². The van der Waals surface area contributed by atoms with Gasteiger partial charge >= 0.3 is 12.2 Å². The Labute approximate surface area is 110 Å². The summed E-state index contributed by atoms with van der Waals surface area (Å²) in [6, 6.07) is 1.08. The zero-order valence-electron chi connectivity index (χ0n) is 10.2. The van der Waals surface area contributed by atoms with Gasteiger partial charge in [-0.3, -0.25) is 5.43 Å². The zero-order valence-corrected chi connectivity index (χ0v) is 10.2. The van der Waals surface area contributed by atoms with E-state index < -0.39 is 18.3 Å². The number of nitrogens with one attached hydrogen (secondary N) is 1. The van der Waals surface area contributed by atoms with E-state index in [4.69, 9.17) is 5.84 Å². The van der Waals surface area contributed by atoms with E-state index in [1.54, 1.807) is 6.07 Å². The second-order valence-electron chi connectivity index (χ2n) is 3.64. The molecular weight excluding hydrogens is 279 g/mol. The smallest absolute Gasteiger partial charge is 0.425 e. The fourth-order valence-corrected chi connectivity index (χ4v) is 1.18. The number of alkyl halides is 3. The van der Waals surface area contributed by atoms with Crippen molar-refractivity contribution in [2.24, 2.45) is 5.84 Å². The quantitative estimate of drug-likeness (QED) is 0.629. The molecule has 3 N–H and O–H groups in total. The van der Waals surface area contributed by atoms with Crippen molar-refractivity contribution in [1.82, 2.24) is 24.7 Å². The highest BCUT2D eigenvalue weighted by molar-refractivity contribution is 5.28. The van der Waals surface area contributed by atoms with Crippen molar-refractivity contribution < 1.29 is 17.9 Å². The summed E-state index contributed by atoms with van der Waals surface area (Å²) in [5.74, 6) is 4.98. The Bertz CT molecular complexity index is 571. The van der Waals surface area contributed by atoms with Gasteiger partial charge in [0, 0.05) is 12.4 Å². The zero-order chi connectivity index (χ0) is 14.8. The van der Waals surface area contributed by atoms with E-state index in [-0.39, 0.29) is 11.9 Å². The highest BCUT2D eigenvalue weighted by atomic mass is 19.4. The average Bonchev–Trinajstić information content (AvgIpc) is 2.91. The predicted octanol–water partition coefficient (Wildman–Crippen LogP) is 0.672. The van der Waals surface area contributed by atoms with Crippen LogP contribution in [0.1, 0.15) is 6.92 Å². The number of hydrogen-bond donors (Lipinski definition) is 2. The first-order chi connectivity index (χ1) is 9.40. The van der Waals surface area contributed by atoms with Gasteiger partial charge in [0.2, 0.25) is 5.95 Å². The standard InChI is InChI=1S/C9H10F3N7O/c1-5(9(10,11)12)20-8-16-6(18-13)15-7(17-8)19-4-2-3-14-19/h2-5H,13H2,1H3,(H,15,16,17,18). The summed E-state index contributed by atoms with van der Waals surface area (Å²) >= 11 is 0. The molecule has 0 aliphatic carbocycles. The van der Waals surface area contributed by atoms with E-state index in [0.717, 1.165) is 6.92 Å². The van der Waals surface area contributed by atoms with Gasteiger partial charge < -0.3 is 4.74 Å². The Hall–Kier alpha value is -2.43. The number of hydrogen-bond acceptors (Lipinski definition) is 7. The number of aromatic nitrogens is 5. The van der Waals surface area contributed by atoms with Crippen LogP contribution in [0.3, 0.4) is 0 Å². The van der Waals surface area contributed by atoms with Crippen LogP contribution in [0.5, 0.6) is 6.01 Å². The maximum absolute atomic E-state index is 12.4. The molecule has 11 heteroatoms. The molecule has 0 saturated carbocycles. The SMILES string of the molecule is CC(Oc1nc(NN)nc(-n2cccn2)n1)C(F)(F)F. The molecule has 108 valence electrons. The maximum atomic E-state index is 12.4. The Morgan fingerprint density at radius 1 is 1.35 bits per heavy atom. The van der Waals surface area contributed by atoms with E-state index in [9.17, 15) is 13.2 Å². The van der Waals surface area contributed by atoms with Crippen molar-refractivity contribution in [1.29, 1.82) is 0 Å². The van der Waals surface area contributed by atoms with Gasteiger partial charge in [-0.15, -0.1) is 0 Å². The summed E-state index contributed by atoms with van der Waals surface area (Å²) in [4.78, 5) is 11.2. The molecule has 1 atom stereocenters. The first kappa shape index (κ1) is 14.0. The summed E-state index contributed by atoms with van der Waals surface area (Å²) in [6.45, 7) is 0.840. The maximum Gasteiger partial charge on any atom is 0.425 e. The van der Waals surface area contributed by atoms with Crippen molar-refractivity contribution in [3.8, 4) is 12.0 Å². The second kappa shape index (κ2) is 5.28. The molecule has 1 unspecified atom stereocenters. The third kappa shape index (κ3) is 3.12. The van der Waals surface area contributed by atoms with Gasteiger partial charge in [0.15, 0.2) is 6.10 Å². The fraction of sp³-hybridized carbons (Fsp3) is 0.333. The van der Waals surface area contributed by atoms with Crippen molar-refractivity contribution >= 4 is 5.95 Å². The highest BCUT2D eigenvalue weighted by Crippen LogP contribution is 2.23. The van der Waals surface area contributed by atoms with E-state index >= 15 is 0 Å². The largest absolute Gasteiger partial charge is 0.451 e. The molecule has 2 rings (SSSR count). The summed E-state index contributed by atoms with van der Waals surface area (Å²) in [5, 5.41) is 3.85. The minimum Gasteiger partial charge on any atom is -0.451 e. The number of nitrogens with zero attached hydrogens (tertiary/aromatic N) is 5. The molecule has 8 nitrogen and oxygen atoms in total. The molecule has 0 saturated heterocycles. The lowest BCUT2D eigenvalue weighted by Crippen LogP contribution is -2.32. The Morgan fingerprint density at radius 3 is 2.65 bits per heavy atom. The third-order valence-electron chi connectivity index (χ3n) is 2.18. The van der Waals surface area contributed by atoms with Crippen LogP contribution in [0.4, 0.5) is 19.1 Å². The number of nitrogen functional groups attached to an aromatic ring is 1. The van der Waals surface area contributed by atoms with Gasteiger partial charge in [0.25, 0.3) is 5.95 Å². The molecular formula is C9H10F3N7O. The lowest BCUT2D eigenvalue weighted by molar-refractivity contribution is -0.190. The van der Waals surface area contributed by atoms with Crippen LogP contribution in [-0.4, -0.2) is 37.0 Å². The van der Waals surface area contributed by atoms with Gasteiger partial charge in [-0.1, -0.05) is 0 Å². The lowest BCUT2D eigenvalue weighted by Gasteiger charge is -2.16. The number of rotatable bonds is 4. The number of anilines is 1. The molecule has 2 aromatic rings. The molecule has 2 aromatic heterocycles. The van der Waals surface area contributed by atoms with Crippen LogP contribution in [0.25, 0.3) is 5.95 Å². The number of halogens is 3. The molecule has 0 amide bonds. The molecule has 0 radical (unpaired) electrons. The van der Waals surface area contributed by atoms with Gasteiger partial charge in [0.1, 0.15) is 0 Å².